The number of methoxy groups -OCH3 is 2. The molecule has 3 aromatic carbocycles. The van der Waals surface area contributed by atoms with Crippen molar-refractivity contribution >= 4 is 134 Å². The number of pyridine rings is 1. The lowest BCUT2D eigenvalue weighted by molar-refractivity contribution is 0.0365. The highest BCUT2D eigenvalue weighted by Crippen LogP contribution is 2.42. The number of aryl methyl sites for hydroxylation is 3. The Balaban J connectivity index is 0.000000154. The van der Waals surface area contributed by atoms with Crippen LogP contribution in [-0.4, -0.2) is 110 Å². The summed E-state index contributed by atoms with van der Waals surface area (Å²) in [5.74, 6) is 0.286. The number of carbonyl (C=O) groups is 4. The van der Waals surface area contributed by atoms with Gasteiger partial charge in [0.25, 0.3) is 17.4 Å². The van der Waals surface area contributed by atoms with E-state index in [9.17, 15) is 32.4 Å². The maximum absolute atomic E-state index is 14.1. The van der Waals surface area contributed by atoms with Crippen LogP contribution in [0, 0.1) is 20.8 Å². The first-order valence-electron chi connectivity index (χ1n) is 25.1. The molecular weight excluding hydrogens is 1260 g/mol. The van der Waals surface area contributed by atoms with E-state index in [1.54, 1.807) is 51.8 Å². The van der Waals surface area contributed by atoms with Crippen molar-refractivity contribution in [2.24, 2.45) is 0 Å². The van der Waals surface area contributed by atoms with Gasteiger partial charge in [-0.1, -0.05) is 40.0 Å². The maximum Gasteiger partial charge on any atom is 0.426 e. The van der Waals surface area contributed by atoms with Gasteiger partial charge in [0, 0.05) is 85.7 Å². The molecule has 8 heterocycles. The summed E-state index contributed by atoms with van der Waals surface area (Å²) in [4.78, 5) is 69.5. The maximum atomic E-state index is 14.1. The number of esters is 1. The third-order valence-corrected chi connectivity index (χ3v) is 17.7. The van der Waals surface area contributed by atoms with Gasteiger partial charge in [-0.15, -0.1) is 0 Å². The SMILES string of the molecule is CC1COS(=O)(=O)N1C(=O)OC(C)(C)C.CC1Cn2ccc3cc(Br)c(Cl)c(c32)C(=O)N1.COC(=O)c1c(Cl)c(Br)cc2cc[nH]c12.COc1cc(C)[nH]c(=O)c1CN1C(=O)c2c(Cl)c(-c3c(C)noc3C)cc3ccn(c23)CC1C. The number of hydrogen-bond donors (Lipinski definition) is 3. The average molecular weight is 1320 g/mol. The lowest BCUT2D eigenvalue weighted by Crippen LogP contribution is -2.41. The normalized spacial score (nSPS) is 17.3. The van der Waals surface area contributed by atoms with Crippen molar-refractivity contribution in [2.45, 2.75) is 106 Å². The van der Waals surface area contributed by atoms with Gasteiger partial charge >= 0.3 is 22.4 Å². The average Bonchev–Trinajstić information content (AvgIpc) is 3.28. The van der Waals surface area contributed by atoms with Crippen LogP contribution in [0.15, 0.2) is 79.3 Å². The first-order chi connectivity index (χ1) is 38.1. The van der Waals surface area contributed by atoms with Crippen LogP contribution in [0.1, 0.15) is 95.3 Å². The Bertz CT molecular complexity index is 3980. The van der Waals surface area contributed by atoms with Gasteiger partial charge in [-0.2, -0.15) is 12.7 Å². The van der Waals surface area contributed by atoms with Crippen molar-refractivity contribution in [1.82, 2.24) is 38.8 Å². The largest absolute Gasteiger partial charge is 0.496 e. The Labute approximate surface area is 497 Å². The molecule has 1 fully saturated rings. The third kappa shape index (κ3) is 12.3. The van der Waals surface area contributed by atoms with Crippen molar-refractivity contribution in [3.8, 4) is 16.9 Å². The Morgan fingerprint density at radius 3 is 2.06 bits per heavy atom. The molecule has 8 aromatic rings. The van der Waals surface area contributed by atoms with E-state index in [4.69, 9.17) is 48.8 Å². The lowest BCUT2D eigenvalue weighted by atomic mass is 9.98. The fraction of sp³-hybridized carbons (Fsp3) is 0.345. The van der Waals surface area contributed by atoms with E-state index in [0.717, 1.165) is 43.8 Å². The van der Waals surface area contributed by atoms with Gasteiger partial charge in [-0.05, 0) is 137 Å². The van der Waals surface area contributed by atoms with E-state index >= 15 is 0 Å². The zero-order valence-corrected chi connectivity index (χ0v) is 52.0. The molecule has 81 heavy (non-hydrogen) atoms. The number of aromatic amines is 2. The summed E-state index contributed by atoms with van der Waals surface area (Å²) in [5, 5.41) is 11.0. The summed E-state index contributed by atoms with van der Waals surface area (Å²) >= 11 is 25.9. The van der Waals surface area contributed by atoms with Crippen LogP contribution in [0.2, 0.25) is 15.1 Å². The molecule has 11 rings (SSSR count). The number of amides is 3. The molecule has 3 aliphatic rings. The van der Waals surface area contributed by atoms with Crippen LogP contribution in [0.5, 0.6) is 5.75 Å². The predicted molar refractivity (Wildman–Crippen MR) is 316 cm³/mol. The summed E-state index contributed by atoms with van der Waals surface area (Å²) in [6, 6.07) is 12.8. The van der Waals surface area contributed by atoms with Gasteiger partial charge < -0.3 is 48.1 Å². The zero-order valence-electron chi connectivity index (χ0n) is 45.8. The summed E-state index contributed by atoms with van der Waals surface area (Å²) in [7, 11) is -1.10. The summed E-state index contributed by atoms with van der Waals surface area (Å²) < 4.78 is 53.8. The van der Waals surface area contributed by atoms with Gasteiger partial charge in [0.2, 0.25) is 0 Å². The van der Waals surface area contributed by atoms with E-state index in [0.29, 0.717) is 86.6 Å². The lowest BCUT2D eigenvalue weighted by Gasteiger charge is -2.28. The number of halogens is 5. The number of H-pyrrole nitrogens is 2. The first-order valence-corrected chi connectivity index (χ1v) is 29.2. The Kier molecular flexibility index (Phi) is 17.9. The first kappa shape index (κ1) is 60.7. The minimum atomic E-state index is -3.95. The van der Waals surface area contributed by atoms with E-state index < -0.39 is 34.0 Å². The molecule has 3 amide bonds. The Morgan fingerprint density at radius 1 is 0.827 bits per heavy atom. The van der Waals surface area contributed by atoms with Gasteiger partial charge in [0.1, 0.15) is 22.7 Å². The molecule has 3 atom stereocenters. The van der Waals surface area contributed by atoms with Gasteiger partial charge in [-0.25, -0.2) is 9.59 Å². The minimum Gasteiger partial charge on any atom is -0.496 e. The van der Waals surface area contributed by atoms with Crippen LogP contribution in [0.4, 0.5) is 4.79 Å². The number of nitrogens with zero attached hydrogens (tertiary/aromatic N) is 5. The van der Waals surface area contributed by atoms with Crippen molar-refractivity contribution < 1.29 is 50.5 Å². The van der Waals surface area contributed by atoms with Crippen LogP contribution in [0.25, 0.3) is 43.8 Å². The fourth-order valence-electron chi connectivity index (χ4n) is 9.75. The third-order valence-electron chi connectivity index (χ3n) is 13.4. The fourth-order valence-corrected chi connectivity index (χ4v) is 12.6. The summed E-state index contributed by atoms with van der Waals surface area (Å²) in [6.45, 7) is 17.4. The van der Waals surface area contributed by atoms with E-state index in [1.807, 2.05) is 81.1 Å². The Hall–Kier alpha value is -6.34. The molecule has 3 N–H and O–H groups in total. The molecule has 1 saturated heterocycles. The van der Waals surface area contributed by atoms with E-state index in [1.165, 1.54) is 14.2 Å². The van der Waals surface area contributed by atoms with Crippen LogP contribution < -0.4 is 15.6 Å². The molecule has 0 spiro atoms. The molecule has 5 aromatic heterocycles. The molecule has 3 unspecified atom stereocenters. The molecule has 20 nitrogen and oxygen atoms in total. The highest BCUT2D eigenvalue weighted by atomic mass is 79.9. The van der Waals surface area contributed by atoms with Crippen molar-refractivity contribution in [2.75, 3.05) is 20.8 Å². The van der Waals surface area contributed by atoms with Gasteiger partial charge in [0.05, 0.1) is 87.4 Å². The number of rotatable bonds is 5. The summed E-state index contributed by atoms with van der Waals surface area (Å²) in [5.41, 5.74) is 5.98. The van der Waals surface area contributed by atoms with Crippen molar-refractivity contribution in [3.05, 3.63) is 135 Å². The van der Waals surface area contributed by atoms with Gasteiger partial charge in [-0.3, -0.25) is 18.6 Å². The van der Waals surface area contributed by atoms with Crippen LogP contribution in [0.3, 0.4) is 0 Å². The molecule has 3 aliphatic heterocycles. The quantitative estimate of drug-likeness (QED) is 0.136. The smallest absolute Gasteiger partial charge is 0.426 e. The highest BCUT2D eigenvalue weighted by Gasteiger charge is 2.42. The number of nitrogens with one attached hydrogen (secondary N) is 3. The monoisotopic (exact) mass is 1320 g/mol. The second-order valence-corrected chi connectivity index (χ2v) is 24.8. The molecule has 430 valence electrons. The Morgan fingerprint density at radius 2 is 1.46 bits per heavy atom. The second-order valence-electron chi connectivity index (χ2n) is 20.5. The molecule has 0 radical (unpaired) electrons. The number of benzene rings is 3. The number of fused-ring (bicyclic) bond motifs is 1. The minimum absolute atomic E-state index is 0.0262. The molecule has 0 aliphatic carbocycles. The van der Waals surface area contributed by atoms with Crippen molar-refractivity contribution in [1.29, 1.82) is 0 Å². The molecule has 0 bridgehead atoms. The van der Waals surface area contributed by atoms with Crippen LogP contribution >= 0.6 is 66.7 Å². The van der Waals surface area contributed by atoms with Gasteiger partial charge in [0.15, 0.2) is 0 Å². The predicted octanol–water partition coefficient (Wildman–Crippen LogP) is 12.1. The highest BCUT2D eigenvalue weighted by molar-refractivity contribution is 9.11. The van der Waals surface area contributed by atoms with Crippen LogP contribution in [-0.2, 0) is 43.6 Å². The standard InChI is InChI=1S/C25H25ClN4O4.C12H10BrClN2O.C10H7BrClNO2.C8H15NO5S/c1-12-8-19(33-5)18(24(31)27-12)11-30-13(2)10-29-7-6-16-9-17(20-14(3)28-34-15(20)4)22(26)21(23(16)29)25(30)32;1-6-5-16-3-2-7-4-8(13)10(14)9(11(7)16)12(17)15-6;1-15-10(14)7-8(12)6(11)4-5-2-3-13-9(5)7;1-6-5-13-15(11,12)9(6)7(10)14-8(2,3)4/h6-9,13H,10-11H2,1-5H3,(H,27,31);2-4,6H,5H2,1H3,(H,15,17);2-4,13H,1H3;6H,5H2,1-4H3. The topological polar surface area (TPSA) is 242 Å². The van der Waals surface area contributed by atoms with Crippen molar-refractivity contribution in [3.63, 3.8) is 0 Å². The zero-order chi connectivity index (χ0) is 59.3. The van der Waals surface area contributed by atoms with E-state index in [-0.39, 0.29) is 42.6 Å². The molecule has 26 heteroatoms. The van der Waals surface area contributed by atoms with E-state index in [2.05, 4.69) is 65.8 Å². The number of ether oxygens (including phenoxy) is 3. The molecule has 0 saturated carbocycles. The second kappa shape index (κ2) is 23.9. The molecular formula is C55H57Br2Cl3N8O12S. The number of aromatic nitrogens is 5. The number of carbonyl (C=O) groups excluding carboxylic acids is 4. The number of hydrogen-bond acceptors (Lipinski definition) is 13. The summed E-state index contributed by atoms with van der Waals surface area (Å²) in [6.07, 6.45) is 4.81.